The zero-order valence-electron chi connectivity index (χ0n) is 17.8. The molecule has 1 aliphatic heterocycles. The van der Waals surface area contributed by atoms with Crippen molar-refractivity contribution >= 4 is 28.5 Å². The molecule has 2 heterocycles. The fourth-order valence-corrected chi connectivity index (χ4v) is 4.63. The number of esters is 1. The third-order valence-corrected chi connectivity index (χ3v) is 6.25. The minimum atomic E-state index is -0.581. The van der Waals surface area contributed by atoms with Gasteiger partial charge in [-0.25, -0.2) is 4.79 Å². The van der Waals surface area contributed by atoms with Gasteiger partial charge in [-0.15, -0.1) is 0 Å². The first-order valence-corrected chi connectivity index (χ1v) is 10.7. The number of fused-ring (bicyclic) bond motifs is 2. The number of para-hydroxylation sites is 2. The van der Waals surface area contributed by atoms with Crippen molar-refractivity contribution in [3.63, 3.8) is 0 Å². The van der Waals surface area contributed by atoms with Crippen molar-refractivity contribution in [3.8, 4) is 5.75 Å². The maximum Gasteiger partial charge on any atom is 0.336 e. The van der Waals surface area contributed by atoms with Crippen LogP contribution in [0.2, 0.25) is 0 Å². The molecule has 1 fully saturated rings. The Morgan fingerprint density at radius 1 is 1.12 bits per heavy atom. The number of benzene rings is 2. The predicted octanol–water partition coefficient (Wildman–Crippen LogP) is 3.39. The Labute approximate surface area is 184 Å². The van der Waals surface area contributed by atoms with Crippen LogP contribution < -0.4 is 15.3 Å². The number of hydrogen-bond acceptors (Lipinski definition) is 6. The third-order valence-electron chi connectivity index (χ3n) is 6.25. The van der Waals surface area contributed by atoms with Gasteiger partial charge in [0.05, 0.1) is 18.7 Å². The highest BCUT2D eigenvalue weighted by atomic mass is 16.5. The lowest BCUT2D eigenvalue weighted by molar-refractivity contribution is -0.149. The van der Waals surface area contributed by atoms with E-state index in [0.717, 1.165) is 24.6 Å². The average Bonchev–Trinajstić information content (AvgIpc) is 3.41. The molecule has 0 radical (unpaired) electrons. The molecule has 3 aromatic rings. The highest BCUT2D eigenvalue weighted by molar-refractivity contribution is 6.00. The molecular formula is C25H23NO6. The molecule has 2 aromatic carbocycles. The van der Waals surface area contributed by atoms with Gasteiger partial charge >= 0.3 is 11.6 Å². The quantitative estimate of drug-likeness (QED) is 0.453. The van der Waals surface area contributed by atoms with E-state index in [1.54, 1.807) is 24.1 Å². The molecule has 0 unspecified atom stereocenters. The standard InChI is InChI=1S/C25H23NO6/c1-30-21-8-3-2-7-20(21)26-13-17(11-23(26)27)25(29)31-14-18-12-24(28)32-22-10-16-6-4-5-15(16)9-19(18)22/h2-3,7-10,12,17H,4-6,11,13-14H2,1H3/t17-/m1/s1. The van der Waals surface area contributed by atoms with Gasteiger partial charge in [-0.3, -0.25) is 9.59 Å². The van der Waals surface area contributed by atoms with Gasteiger partial charge in [-0.1, -0.05) is 12.1 Å². The van der Waals surface area contributed by atoms with E-state index < -0.39 is 17.5 Å². The van der Waals surface area contributed by atoms with Gasteiger partial charge in [0.25, 0.3) is 0 Å². The van der Waals surface area contributed by atoms with E-state index in [0.29, 0.717) is 22.6 Å². The summed E-state index contributed by atoms with van der Waals surface area (Å²) in [5, 5.41) is 0.788. The molecule has 0 bridgehead atoms. The third kappa shape index (κ3) is 3.64. The number of carbonyl (C=O) groups is 2. The fraction of sp³-hybridized carbons (Fsp3) is 0.320. The van der Waals surface area contributed by atoms with Gasteiger partial charge < -0.3 is 18.8 Å². The van der Waals surface area contributed by atoms with E-state index in [2.05, 4.69) is 0 Å². The first-order chi connectivity index (χ1) is 15.5. The summed E-state index contributed by atoms with van der Waals surface area (Å²) in [7, 11) is 1.54. The van der Waals surface area contributed by atoms with E-state index >= 15 is 0 Å². The number of anilines is 1. The molecule has 1 atom stereocenters. The first-order valence-electron chi connectivity index (χ1n) is 10.7. The van der Waals surface area contributed by atoms with Gasteiger partial charge in [0, 0.05) is 30.0 Å². The minimum absolute atomic E-state index is 0.0426. The van der Waals surface area contributed by atoms with Crippen molar-refractivity contribution in [1.29, 1.82) is 0 Å². The molecule has 2 aliphatic rings. The molecule has 0 spiro atoms. The Balaban J connectivity index is 1.33. The molecule has 1 saturated heterocycles. The number of ether oxygens (including phenoxy) is 2. The number of amides is 1. The molecule has 5 rings (SSSR count). The zero-order chi connectivity index (χ0) is 22.2. The van der Waals surface area contributed by atoms with Crippen LogP contribution in [0.25, 0.3) is 11.0 Å². The predicted molar refractivity (Wildman–Crippen MR) is 118 cm³/mol. The van der Waals surface area contributed by atoms with Crippen LogP contribution in [0.4, 0.5) is 5.69 Å². The molecule has 0 saturated carbocycles. The Morgan fingerprint density at radius 2 is 1.91 bits per heavy atom. The topological polar surface area (TPSA) is 86.0 Å². The zero-order valence-corrected chi connectivity index (χ0v) is 17.8. The maximum atomic E-state index is 12.8. The molecular weight excluding hydrogens is 410 g/mol. The lowest BCUT2D eigenvalue weighted by atomic mass is 10.0. The SMILES string of the molecule is COc1ccccc1N1C[C@H](C(=O)OCc2cc(=O)oc3cc4c(cc23)CCC4)CC1=O. The number of methoxy groups -OCH3 is 1. The number of nitrogens with zero attached hydrogens (tertiary/aromatic N) is 1. The van der Waals surface area contributed by atoms with Gasteiger partial charge in [0.15, 0.2) is 0 Å². The summed E-state index contributed by atoms with van der Waals surface area (Å²) < 4.78 is 16.3. The minimum Gasteiger partial charge on any atom is -0.495 e. The largest absolute Gasteiger partial charge is 0.495 e. The van der Waals surface area contributed by atoms with Crippen LogP contribution in [0, 0.1) is 5.92 Å². The van der Waals surface area contributed by atoms with Crippen molar-refractivity contribution < 1.29 is 23.5 Å². The molecule has 7 heteroatoms. The van der Waals surface area contributed by atoms with Gasteiger partial charge in [0.1, 0.15) is 17.9 Å². The Kier molecular flexibility index (Phi) is 5.17. The average molecular weight is 433 g/mol. The maximum absolute atomic E-state index is 12.8. The summed E-state index contributed by atoms with van der Waals surface area (Å²) in [5.41, 5.74) is 3.74. The molecule has 1 amide bonds. The fourth-order valence-electron chi connectivity index (χ4n) is 4.63. The Bertz CT molecular complexity index is 1280. The van der Waals surface area contributed by atoms with Crippen molar-refractivity contribution in [1.82, 2.24) is 0 Å². The van der Waals surface area contributed by atoms with E-state index in [1.807, 2.05) is 24.3 Å². The van der Waals surface area contributed by atoms with Crippen LogP contribution in [-0.4, -0.2) is 25.5 Å². The molecule has 32 heavy (non-hydrogen) atoms. The van der Waals surface area contributed by atoms with Gasteiger partial charge in [-0.2, -0.15) is 0 Å². The van der Waals surface area contributed by atoms with E-state index in [9.17, 15) is 14.4 Å². The summed E-state index contributed by atoms with van der Waals surface area (Å²) >= 11 is 0. The summed E-state index contributed by atoms with van der Waals surface area (Å²) in [5.74, 6) is -0.621. The lowest BCUT2D eigenvalue weighted by Gasteiger charge is -2.19. The second kappa shape index (κ2) is 8.15. The first kappa shape index (κ1) is 20.3. The van der Waals surface area contributed by atoms with E-state index in [1.165, 1.54) is 17.2 Å². The highest BCUT2D eigenvalue weighted by Gasteiger charge is 2.37. The molecule has 1 aromatic heterocycles. The molecule has 7 nitrogen and oxygen atoms in total. The molecule has 164 valence electrons. The van der Waals surface area contributed by atoms with Crippen molar-refractivity contribution in [2.24, 2.45) is 5.92 Å². The highest BCUT2D eigenvalue weighted by Crippen LogP contribution is 2.33. The number of carbonyl (C=O) groups excluding carboxylic acids is 2. The van der Waals surface area contributed by atoms with Crippen LogP contribution >= 0.6 is 0 Å². The molecule has 1 aliphatic carbocycles. The number of rotatable bonds is 5. The van der Waals surface area contributed by atoms with Crippen LogP contribution in [0.1, 0.15) is 29.5 Å². The Hall–Kier alpha value is -3.61. The summed E-state index contributed by atoms with van der Waals surface area (Å²) in [4.78, 5) is 38.9. The van der Waals surface area contributed by atoms with Gasteiger partial charge in [-0.05, 0) is 54.7 Å². The van der Waals surface area contributed by atoms with E-state index in [-0.39, 0.29) is 25.5 Å². The summed E-state index contributed by atoms with van der Waals surface area (Å²) in [6.45, 7) is 0.183. The molecule has 0 N–H and O–H groups in total. The smallest absolute Gasteiger partial charge is 0.336 e. The van der Waals surface area contributed by atoms with Crippen molar-refractivity contribution in [2.75, 3.05) is 18.6 Å². The van der Waals surface area contributed by atoms with Crippen LogP contribution in [0.3, 0.4) is 0 Å². The lowest BCUT2D eigenvalue weighted by Crippen LogP contribution is -2.26. The van der Waals surface area contributed by atoms with Crippen molar-refractivity contribution in [3.05, 3.63) is 69.6 Å². The second-order valence-corrected chi connectivity index (χ2v) is 8.25. The normalized spacial score (nSPS) is 17.6. The van der Waals surface area contributed by atoms with Gasteiger partial charge in [0.2, 0.25) is 5.91 Å². The van der Waals surface area contributed by atoms with Crippen LogP contribution in [0.5, 0.6) is 5.75 Å². The Morgan fingerprint density at radius 3 is 2.72 bits per heavy atom. The summed E-state index contributed by atoms with van der Waals surface area (Å²) in [6, 6.07) is 12.5. The number of hydrogen-bond donors (Lipinski definition) is 0. The van der Waals surface area contributed by atoms with Crippen LogP contribution in [0.15, 0.2) is 51.7 Å². The second-order valence-electron chi connectivity index (χ2n) is 8.25. The number of aryl methyl sites for hydroxylation is 2. The van der Waals surface area contributed by atoms with E-state index in [4.69, 9.17) is 13.9 Å². The van der Waals surface area contributed by atoms with Crippen molar-refractivity contribution in [2.45, 2.75) is 32.3 Å². The summed E-state index contributed by atoms with van der Waals surface area (Å²) in [6.07, 6.45) is 3.12. The van der Waals surface area contributed by atoms with Crippen LogP contribution in [-0.2, 0) is 33.8 Å². The monoisotopic (exact) mass is 433 g/mol.